The normalized spacial score (nSPS) is 10.5. The van der Waals surface area contributed by atoms with Crippen molar-refractivity contribution in [1.29, 1.82) is 0 Å². The molecule has 0 saturated carbocycles. The second-order valence-electron chi connectivity index (χ2n) is 5.77. The van der Waals surface area contributed by atoms with Crippen molar-refractivity contribution in [3.63, 3.8) is 0 Å². The molecular formula is C19H24N2O3. The van der Waals surface area contributed by atoms with Crippen LogP contribution in [0.2, 0.25) is 0 Å². The van der Waals surface area contributed by atoms with E-state index in [1.165, 1.54) is 6.07 Å². The van der Waals surface area contributed by atoms with Crippen molar-refractivity contribution in [2.75, 3.05) is 12.4 Å². The zero-order valence-corrected chi connectivity index (χ0v) is 14.7. The van der Waals surface area contributed by atoms with Crippen molar-refractivity contribution in [1.82, 2.24) is 4.57 Å². The Bertz CT molecular complexity index is 794. The molecule has 0 radical (unpaired) electrons. The van der Waals surface area contributed by atoms with Crippen LogP contribution in [0.4, 0.5) is 5.69 Å². The Kier molecular flexibility index (Phi) is 5.79. The Balaban J connectivity index is 2.40. The zero-order chi connectivity index (χ0) is 17.7. The summed E-state index contributed by atoms with van der Waals surface area (Å²) in [6, 6.07) is 8.66. The number of nitrogens with zero attached hydrogens (tertiary/aromatic N) is 1. The number of ether oxygens (including phenoxy) is 1. The molecule has 0 spiro atoms. The second-order valence-corrected chi connectivity index (χ2v) is 5.77. The van der Waals surface area contributed by atoms with Crippen molar-refractivity contribution < 1.29 is 9.53 Å². The van der Waals surface area contributed by atoms with Crippen LogP contribution in [0, 0.1) is 13.8 Å². The molecule has 0 unspecified atom stereocenters. The van der Waals surface area contributed by atoms with Gasteiger partial charge in [-0.3, -0.25) is 9.59 Å². The summed E-state index contributed by atoms with van der Waals surface area (Å²) < 4.78 is 7.27. The molecule has 0 aliphatic carbocycles. The molecule has 1 heterocycles. The fraction of sp³-hybridized carbons (Fsp3) is 0.368. The van der Waals surface area contributed by atoms with Crippen LogP contribution in [0.5, 0.6) is 5.75 Å². The molecule has 0 aliphatic rings. The van der Waals surface area contributed by atoms with Crippen LogP contribution in [-0.2, 0) is 6.54 Å². The monoisotopic (exact) mass is 328 g/mol. The van der Waals surface area contributed by atoms with E-state index in [9.17, 15) is 9.59 Å². The second kappa shape index (κ2) is 7.81. The lowest BCUT2D eigenvalue weighted by Crippen LogP contribution is -2.27. The molecule has 24 heavy (non-hydrogen) atoms. The first kappa shape index (κ1) is 17.8. The van der Waals surface area contributed by atoms with Gasteiger partial charge >= 0.3 is 0 Å². The number of pyridine rings is 1. The quantitative estimate of drug-likeness (QED) is 0.882. The lowest BCUT2D eigenvalue weighted by atomic mass is 10.1. The van der Waals surface area contributed by atoms with Gasteiger partial charge in [-0.2, -0.15) is 0 Å². The van der Waals surface area contributed by atoms with E-state index in [0.29, 0.717) is 17.1 Å². The molecule has 1 N–H and O–H groups in total. The largest absolute Gasteiger partial charge is 0.495 e. The maximum atomic E-state index is 12.7. The Morgan fingerprint density at radius 1 is 1.25 bits per heavy atom. The van der Waals surface area contributed by atoms with Crippen LogP contribution in [-0.4, -0.2) is 17.6 Å². The molecule has 0 fully saturated rings. The average molecular weight is 328 g/mol. The van der Waals surface area contributed by atoms with Gasteiger partial charge < -0.3 is 14.6 Å². The van der Waals surface area contributed by atoms with Gasteiger partial charge in [-0.1, -0.05) is 25.5 Å². The van der Waals surface area contributed by atoms with Crippen LogP contribution in [0.15, 0.2) is 35.1 Å². The maximum Gasteiger partial charge on any atom is 0.261 e. The van der Waals surface area contributed by atoms with Crippen molar-refractivity contribution in [3.05, 3.63) is 57.5 Å². The number of amides is 1. The number of benzene rings is 1. The Morgan fingerprint density at radius 3 is 2.62 bits per heavy atom. The molecule has 128 valence electrons. The molecule has 5 nitrogen and oxygen atoms in total. The first-order valence-corrected chi connectivity index (χ1v) is 8.15. The van der Waals surface area contributed by atoms with Crippen molar-refractivity contribution in [3.8, 4) is 5.75 Å². The van der Waals surface area contributed by atoms with E-state index in [-0.39, 0.29) is 11.0 Å². The lowest BCUT2D eigenvalue weighted by Gasteiger charge is -2.17. The summed E-state index contributed by atoms with van der Waals surface area (Å²) in [6.07, 6.45) is 2.05. The van der Waals surface area contributed by atoms with Crippen molar-refractivity contribution in [2.45, 2.75) is 40.2 Å². The van der Waals surface area contributed by atoms with Gasteiger partial charge in [0.05, 0.1) is 12.8 Å². The molecule has 1 amide bonds. The highest BCUT2D eigenvalue weighted by Gasteiger charge is 2.18. The van der Waals surface area contributed by atoms with Gasteiger partial charge in [-0.15, -0.1) is 0 Å². The Hall–Kier alpha value is -2.56. The van der Waals surface area contributed by atoms with Gasteiger partial charge in [-0.05, 0) is 32.4 Å². The highest BCUT2D eigenvalue weighted by molar-refractivity contribution is 6.05. The minimum Gasteiger partial charge on any atom is -0.495 e. The number of nitrogens with one attached hydrogen (secondary N) is 1. The standard InChI is InChI=1S/C19H24N2O3/c1-5-6-11-21-13(2)12-16(22)18(14(21)3)19(23)20-15-9-7-8-10-17(15)24-4/h7-10,12H,5-6,11H2,1-4H3,(H,20,23). The number of anilines is 1. The van der Waals surface area contributed by atoms with E-state index in [1.807, 2.05) is 24.5 Å². The Morgan fingerprint density at radius 2 is 1.96 bits per heavy atom. The predicted octanol–water partition coefficient (Wildman–Crippen LogP) is 3.53. The number of carbonyl (C=O) groups is 1. The SMILES string of the molecule is CCCCn1c(C)cc(=O)c(C(=O)Nc2ccccc2OC)c1C. The predicted molar refractivity (Wildman–Crippen MR) is 96.0 cm³/mol. The first-order chi connectivity index (χ1) is 11.5. The number of hydrogen-bond acceptors (Lipinski definition) is 3. The van der Waals surface area contributed by atoms with Crippen molar-refractivity contribution >= 4 is 11.6 Å². The number of rotatable bonds is 6. The highest BCUT2D eigenvalue weighted by Crippen LogP contribution is 2.23. The van der Waals surface area contributed by atoms with Crippen LogP contribution in [0.3, 0.4) is 0 Å². The summed E-state index contributed by atoms with van der Waals surface area (Å²) in [6.45, 7) is 6.62. The van der Waals surface area contributed by atoms with E-state index in [1.54, 1.807) is 25.3 Å². The minimum atomic E-state index is -0.410. The van der Waals surface area contributed by atoms with Gasteiger partial charge in [0.1, 0.15) is 11.3 Å². The fourth-order valence-corrected chi connectivity index (χ4v) is 2.79. The summed E-state index contributed by atoms with van der Waals surface area (Å²) in [7, 11) is 1.54. The topological polar surface area (TPSA) is 60.3 Å². The van der Waals surface area contributed by atoms with Gasteiger partial charge in [0.15, 0.2) is 5.43 Å². The van der Waals surface area contributed by atoms with Crippen LogP contribution in [0.25, 0.3) is 0 Å². The third-order valence-corrected chi connectivity index (χ3v) is 4.10. The van der Waals surface area contributed by atoms with Crippen molar-refractivity contribution in [2.24, 2.45) is 0 Å². The molecule has 1 aromatic carbocycles. The molecule has 2 rings (SSSR count). The number of methoxy groups -OCH3 is 1. The van der Waals surface area contributed by atoms with E-state index >= 15 is 0 Å². The van der Waals surface area contributed by atoms with E-state index in [4.69, 9.17) is 4.74 Å². The van der Waals surface area contributed by atoms with Crippen LogP contribution in [0.1, 0.15) is 41.5 Å². The summed E-state index contributed by atoms with van der Waals surface area (Å²) in [5, 5.41) is 2.78. The molecular weight excluding hydrogens is 304 g/mol. The first-order valence-electron chi connectivity index (χ1n) is 8.15. The van der Waals surface area contributed by atoms with Gasteiger partial charge in [0, 0.05) is 24.0 Å². The highest BCUT2D eigenvalue weighted by atomic mass is 16.5. The van der Waals surface area contributed by atoms with Gasteiger partial charge in [0.2, 0.25) is 0 Å². The smallest absolute Gasteiger partial charge is 0.261 e. The van der Waals surface area contributed by atoms with E-state index in [2.05, 4.69) is 12.2 Å². The number of unbranched alkanes of at least 4 members (excludes halogenated alkanes) is 1. The average Bonchev–Trinajstić information content (AvgIpc) is 2.54. The van der Waals surface area contributed by atoms with E-state index in [0.717, 1.165) is 25.1 Å². The summed E-state index contributed by atoms with van der Waals surface area (Å²) >= 11 is 0. The molecule has 0 atom stereocenters. The number of aromatic nitrogens is 1. The number of para-hydroxylation sites is 2. The van der Waals surface area contributed by atoms with Crippen LogP contribution < -0.4 is 15.5 Å². The molecule has 1 aromatic heterocycles. The van der Waals surface area contributed by atoms with Gasteiger partial charge in [0.25, 0.3) is 5.91 Å². The number of carbonyl (C=O) groups excluding carboxylic acids is 1. The van der Waals surface area contributed by atoms with Crippen LogP contribution >= 0.6 is 0 Å². The third-order valence-electron chi connectivity index (χ3n) is 4.10. The molecule has 0 bridgehead atoms. The summed E-state index contributed by atoms with van der Waals surface area (Å²) in [5.41, 5.74) is 2.04. The molecule has 5 heteroatoms. The molecule has 2 aromatic rings. The maximum absolute atomic E-state index is 12.7. The van der Waals surface area contributed by atoms with Gasteiger partial charge in [-0.25, -0.2) is 0 Å². The summed E-state index contributed by atoms with van der Waals surface area (Å²) in [4.78, 5) is 25.0. The number of aryl methyl sites for hydroxylation is 1. The minimum absolute atomic E-state index is 0.183. The molecule has 0 aliphatic heterocycles. The zero-order valence-electron chi connectivity index (χ0n) is 14.7. The third kappa shape index (κ3) is 3.67. The fourth-order valence-electron chi connectivity index (χ4n) is 2.79. The molecule has 0 saturated heterocycles. The lowest BCUT2D eigenvalue weighted by molar-refractivity contribution is 0.102. The Labute approximate surface area is 142 Å². The summed E-state index contributed by atoms with van der Waals surface area (Å²) in [5.74, 6) is 0.147. The van der Waals surface area contributed by atoms with E-state index < -0.39 is 5.91 Å². The number of hydrogen-bond donors (Lipinski definition) is 1.